The van der Waals surface area contributed by atoms with Gasteiger partial charge in [0.05, 0.1) is 0 Å². The molecule has 2 saturated heterocycles. The van der Waals surface area contributed by atoms with E-state index >= 15 is 0 Å². The number of hydrogen-bond donors (Lipinski definition) is 3. The number of nitrogen functional groups attached to an aromatic ring is 1. The van der Waals surface area contributed by atoms with Gasteiger partial charge in [0.1, 0.15) is 27.5 Å². The third-order valence-corrected chi connectivity index (χ3v) is 9.39. The van der Waals surface area contributed by atoms with Gasteiger partial charge in [-0.25, -0.2) is 4.79 Å². The molecule has 18 nitrogen and oxygen atoms in total. The first-order valence-electron chi connectivity index (χ1n) is 12.5. The Morgan fingerprint density at radius 3 is 2.81 bits per heavy atom. The van der Waals surface area contributed by atoms with Crippen LogP contribution in [0.4, 0.5) is 5.13 Å². The second-order valence-corrected chi connectivity index (χ2v) is 13.3. The molecular formula is C22H25N11O7S3. The molecule has 2 amide bonds. The molecule has 0 aromatic carbocycles. The van der Waals surface area contributed by atoms with Crippen LogP contribution in [-0.4, -0.2) is 116 Å². The maximum atomic E-state index is 13.2. The van der Waals surface area contributed by atoms with Gasteiger partial charge in [0.15, 0.2) is 10.8 Å². The number of aliphatic carboxylic acids is 1. The van der Waals surface area contributed by atoms with Crippen molar-refractivity contribution in [2.75, 3.05) is 30.4 Å². The Bertz CT molecular complexity index is 1610. The summed E-state index contributed by atoms with van der Waals surface area (Å²) in [6.45, 7) is 4.41. The highest BCUT2D eigenvalue weighted by molar-refractivity contribution is 8.00. The summed E-state index contributed by atoms with van der Waals surface area (Å²) in [6, 6.07) is 2.38. The first-order chi connectivity index (χ1) is 20.3. The van der Waals surface area contributed by atoms with Crippen LogP contribution >= 0.6 is 35.1 Å². The number of amides is 2. The summed E-state index contributed by atoms with van der Waals surface area (Å²) in [7, 11) is 0. The van der Waals surface area contributed by atoms with Crippen molar-refractivity contribution in [1.82, 2.24) is 44.8 Å². The Balaban J connectivity index is 1.23. The van der Waals surface area contributed by atoms with Gasteiger partial charge in [-0.05, 0) is 43.3 Å². The van der Waals surface area contributed by atoms with E-state index in [4.69, 9.17) is 15.3 Å². The van der Waals surface area contributed by atoms with E-state index < -0.39 is 58.5 Å². The van der Waals surface area contributed by atoms with E-state index in [-0.39, 0.29) is 29.0 Å². The molecular weight excluding hydrogens is 627 g/mol. The first kappa shape index (κ1) is 30.4. The van der Waals surface area contributed by atoms with Gasteiger partial charge in [0.2, 0.25) is 24.1 Å². The molecule has 5 rings (SSSR count). The number of carboxylic acids is 1. The van der Waals surface area contributed by atoms with Gasteiger partial charge in [-0.1, -0.05) is 5.16 Å². The van der Waals surface area contributed by atoms with E-state index in [9.17, 15) is 24.3 Å². The molecule has 3 aromatic heterocycles. The highest BCUT2D eigenvalue weighted by Crippen LogP contribution is 2.44. The summed E-state index contributed by atoms with van der Waals surface area (Å²) >= 11 is 3.27. The summed E-state index contributed by atoms with van der Waals surface area (Å²) in [5.41, 5.74) is 3.70. The monoisotopic (exact) mass is 651 g/mol. The molecule has 2 fully saturated rings. The van der Waals surface area contributed by atoms with E-state index in [1.54, 1.807) is 32.9 Å². The summed E-state index contributed by atoms with van der Waals surface area (Å²) < 4.78 is 10.4. The van der Waals surface area contributed by atoms with Crippen LogP contribution in [0.3, 0.4) is 0 Å². The van der Waals surface area contributed by atoms with Crippen molar-refractivity contribution in [3.05, 3.63) is 18.0 Å². The predicted octanol–water partition coefficient (Wildman–Crippen LogP) is -0.721. The van der Waals surface area contributed by atoms with Gasteiger partial charge in [-0.3, -0.25) is 14.4 Å². The summed E-state index contributed by atoms with van der Waals surface area (Å²) in [5.74, 6) is -2.92. The van der Waals surface area contributed by atoms with E-state index in [1.165, 1.54) is 33.1 Å². The predicted molar refractivity (Wildman–Crippen MR) is 152 cm³/mol. The number of hydrogen-bond acceptors (Lipinski definition) is 17. The number of nitrogens with two attached hydrogens (primary N) is 1. The van der Waals surface area contributed by atoms with Crippen molar-refractivity contribution in [2.24, 2.45) is 10.6 Å². The number of rotatable bonds is 10. The van der Waals surface area contributed by atoms with E-state index in [0.717, 1.165) is 11.5 Å². The average molecular weight is 652 g/mol. The molecule has 0 bridgehead atoms. The zero-order chi connectivity index (χ0) is 30.9. The van der Waals surface area contributed by atoms with Gasteiger partial charge in [0.25, 0.3) is 5.91 Å². The molecule has 4 N–H and O–H groups in total. The van der Waals surface area contributed by atoms with Crippen LogP contribution in [0.5, 0.6) is 0 Å². The molecule has 43 heavy (non-hydrogen) atoms. The number of thioether (sulfide) groups is 2. The lowest BCUT2D eigenvalue weighted by atomic mass is 9.89. The minimum atomic E-state index is -1.27. The second kappa shape index (κ2) is 11.9. The zero-order valence-corrected chi connectivity index (χ0v) is 25.3. The molecule has 3 aromatic rings. The van der Waals surface area contributed by atoms with E-state index in [1.807, 2.05) is 0 Å². The number of ether oxygens (including phenoxy) is 1. The maximum Gasteiger partial charge on any atom is 0.347 e. The van der Waals surface area contributed by atoms with Crippen molar-refractivity contribution in [1.29, 1.82) is 0 Å². The van der Waals surface area contributed by atoms with Crippen LogP contribution in [0.25, 0.3) is 5.65 Å². The minimum absolute atomic E-state index is 0.0601. The maximum absolute atomic E-state index is 13.2. The molecule has 3 atom stereocenters. The van der Waals surface area contributed by atoms with Crippen LogP contribution in [-0.2, 0) is 28.8 Å². The Morgan fingerprint density at radius 1 is 1.33 bits per heavy atom. The average Bonchev–Trinajstić information content (AvgIpc) is 3.60. The first-order valence-corrected chi connectivity index (χ1v) is 15.3. The lowest BCUT2D eigenvalue weighted by Gasteiger charge is -2.53. The van der Waals surface area contributed by atoms with Gasteiger partial charge < -0.3 is 30.6 Å². The number of carboxylic acid groups (broad SMARTS) is 1. The van der Waals surface area contributed by atoms with Crippen molar-refractivity contribution < 1.29 is 33.9 Å². The molecule has 228 valence electrons. The second-order valence-electron chi connectivity index (χ2n) is 10.4. The normalized spacial score (nSPS) is 22.1. The van der Waals surface area contributed by atoms with Crippen LogP contribution < -0.4 is 11.1 Å². The highest BCUT2D eigenvalue weighted by atomic mass is 32.2. The fourth-order valence-corrected chi connectivity index (χ4v) is 7.22. The minimum Gasteiger partial charge on any atom is -0.481 e. The number of anilines is 1. The number of carbonyl (C=O) groups excluding carboxylic acids is 3. The fourth-order valence-electron chi connectivity index (χ4n) is 4.07. The number of nitrogens with zero attached hydrogens (tertiary/aromatic N) is 9. The van der Waals surface area contributed by atoms with Crippen LogP contribution in [0, 0.1) is 5.41 Å². The molecule has 21 heteroatoms. The lowest BCUT2D eigenvalue weighted by Crippen LogP contribution is -2.74. The standard InChI is InChI=1S/C22H25N11O7S3/c1-21(2,3)40-12(34)6-39-28-13(15-25-20(23)43-29-15)16(35)24-14-17(36)32-7-22(19(37)38,9-42-18(14)32)8-41-11-5-4-10-26-30-31-33(10)27-11/h4-5,14,18H,6-9H2,1-3H3,(H,24,35)(H,37,38)(H2,23,25,29)/t14?,18-,22?/m1/s1. The number of carbonyl (C=O) groups is 4. The van der Waals surface area contributed by atoms with Crippen molar-refractivity contribution in [2.45, 2.75) is 42.8 Å². The third-order valence-electron chi connectivity index (χ3n) is 6.05. The summed E-state index contributed by atoms with van der Waals surface area (Å²) in [6.07, 6.45) is 0. The fraction of sp³-hybridized carbons (Fsp3) is 0.500. The number of fused-ring (bicyclic) bond motifs is 2. The summed E-state index contributed by atoms with van der Waals surface area (Å²) in [5, 5.41) is 31.9. The molecule has 2 unspecified atom stereocenters. The number of aromatic nitrogens is 7. The lowest BCUT2D eigenvalue weighted by molar-refractivity contribution is -0.160. The van der Waals surface area contributed by atoms with Crippen molar-refractivity contribution in [3.8, 4) is 0 Å². The molecule has 0 spiro atoms. The Labute approximate surface area is 255 Å². The molecule has 0 saturated carbocycles. The van der Waals surface area contributed by atoms with Crippen LogP contribution in [0.15, 0.2) is 22.3 Å². The van der Waals surface area contributed by atoms with Gasteiger partial charge in [0, 0.05) is 29.6 Å². The number of oxime groups is 1. The highest BCUT2D eigenvalue weighted by Gasteiger charge is 2.57. The molecule has 0 aliphatic carbocycles. The largest absolute Gasteiger partial charge is 0.481 e. The smallest absolute Gasteiger partial charge is 0.347 e. The molecule has 2 aliphatic rings. The van der Waals surface area contributed by atoms with E-state index in [0.29, 0.717) is 10.7 Å². The number of nitrogens with one attached hydrogen (secondary N) is 1. The Morgan fingerprint density at radius 2 is 2.12 bits per heavy atom. The van der Waals surface area contributed by atoms with Crippen LogP contribution in [0.2, 0.25) is 0 Å². The van der Waals surface area contributed by atoms with Gasteiger partial charge >= 0.3 is 11.9 Å². The van der Waals surface area contributed by atoms with Gasteiger partial charge in [-0.2, -0.15) is 9.36 Å². The number of tetrazole rings is 1. The van der Waals surface area contributed by atoms with Crippen molar-refractivity contribution in [3.63, 3.8) is 0 Å². The molecule has 2 aliphatic heterocycles. The zero-order valence-electron chi connectivity index (χ0n) is 22.9. The SMILES string of the molecule is CC(C)(C)OC(=O)CON=C(C(=O)NC1C(=O)N2CC(CSc3ccc4nnnn4n3)(C(=O)O)CS[C@H]12)c1nsc(N)n1. The molecule has 5 heterocycles. The van der Waals surface area contributed by atoms with Gasteiger partial charge in [-0.15, -0.1) is 38.4 Å². The molecule has 0 radical (unpaired) electrons. The Hall–Kier alpha value is -4.11. The van der Waals surface area contributed by atoms with Crippen LogP contribution in [0.1, 0.15) is 26.6 Å². The van der Waals surface area contributed by atoms with Crippen molar-refractivity contribution >= 4 is 75.3 Å². The Kier molecular flexibility index (Phi) is 8.38. The van der Waals surface area contributed by atoms with E-state index in [2.05, 4.69) is 40.5 Å². The topological polar surface area (TPSA) is 242 Å². The third kappa shape index (κ3) is 6.62. The number of esters is 1. The quantitative estimate of drug-likeness (QED) is 0.0805. The summed E-state index contributed by atoms with van der Waals surface area (Å²) in [4.78, 5) is 61.1. The number of β-lactam (4-membered cyclic amide) rings is 1.